The maximum Gasteiger partial charge on any atom is 0.435 e. The number of alkyl halides is 6. The lowest BCUT2D eigenvalue weighted by Gasteiger charge is -2.36. The molecule has 1 fully saturated rings. The van der Waals surface area contributed by atoms with Crippen molar-refractivity contribution in [2.75, 3.05) is 18.0 Å². The summed E-state index contributed by atoms with van der Waals surface area (Å²) in [6, 6.07) is 2.95. The molecule has 1 aliphatic heterocycles. The summed E-state index contributed by atoms with van der Waals surface area (Å²) in [6.45, 7) is 3.24. The van der Waals surface area contributed by atoms with Gasteiger partial charge >= 0.3 is 12.4 Å². The van der Waals surface area contributed by atoms with Gasteiger partial charge in [0.2, 0.25) is 5.95 Å². The molecular weight excluding hydrogens is 482 g/mol. The van der Waals surface area contributed by atoms with Crippen LogP contribution in [-0.4, -0.2) is 34.9 Å². The van der Waals surface area contributed by atoms with Gasteiger partial charge in [0.15, 0.2) is 5.69 Å². The van der Waals surface area contributed by atoms with Crippen LogP contribution >= 0.6 is 11.6 Å². The Hall–Kier alpha value is -1.94. The second-order valence-corrected chi connectivity index (χ2v) is 9.68. The van der Waals surface area contributed by atoms with Crippen molar-refractivity contribution in [2.45, 2.75) is 70.9 Å². The molecule has 4 nitrogen and oxygen atoms in total. The molecular formula is C23H27ClF6N4. The zero-order valence-corrected chi connectivity index (χ0v) is 19.7. The number of nitrogens with zero attached hydrogens (tertiary/aromatic N) is 3. The number of hydrogen-bond donors (Lipinski definition) is 1. The van der Waals surface area contributed by atoms with Gasteiger partial charge in [0, 0.05) is 25.6 Å². The number of benzene rings is 1. The third-order valence-electron chi connectivity index (χ3n) is 6.69. The normalized spacial score (nSPS) is 18.1. The van der Waals surface area contributed by atoms with E-state index in [-0.39, 0.29) is 24.0 Å². The van der Waals surface area contributed by atoms with Crippen LogP contribution in [-0.2, 0) is 19.1 Å². The minimum Gasteiger partial charge on any atom is -0.313 e. The molecule has 1 aromatic carbocycles. The summed E-state index contributed by atoms with van der Waals surface area (Å²) >= 11 is 6.49. The maximum atomic E-state index is 14.1. The van der Waals surface area contributed by atoms with E-state index in [4.69, 9.17) is 11.6 Å². The summed E-state index contributed by atoms with van der Waals surface area (Å²) < 4.78 is 82.4. The quantitative estimate of drug-likeness (QED) is 0.448. The minimum atomic E-state index is -4.73. The number of hydrogen-bond acceptors (Lipinski definition) is 3. The van der Waals surface area contributed by atoms with Crippen LogP contribution < -0.4 is 10.2 Å². The third kappa shape index (κ3) is 5.17. The summed E-state index contributed by atoms with van der Waals surface area (Å²) in [7, 11) is 0. The molecule has 0 radical (unpaired) electrons. The first-order valence-corrected chi connectivity index (χ1v) is 11.7. The van der Waals surface area contributed by atoms with Crippen LogP contribution in [0.2, 0.25) is 5.02 Å². The van der Waals surface area contributed by atoms with E-state index >= 15 is 0 Å². The lowest BCUT2D eigenvalue weighted by atomic mass is 9.78. The first-order chi connectivity index (χ1) is 15.8. The summed E-state index contributed by atoms with van der Waals surface area (Å²) in [5.74, 6) is 0.0358. The van der Waals surface area contributed by atoms with Crippen molar-refractivity contribution in [3.63, 3.8) is 0 Å². The van der Waals surface area contributed by atoms with Crippen molar-refractivity contribution >= 4 is 23.2 Å². The van der Waals surface area contributed by atoms with E-state index in [1.165, 1.54) is 4.57 Å². The van der Waals surface area contributed by atoms with Crippen molar-refractivity contribution in [3.8, 4) is 0 Å². The van der Waals surface area contributed by atoms with E-state index in [2.05, 4.69) is 10.3 Å². The first-order valence-electron chi connectivity index (χ1n) is 11.4. The van der Waals surface area contributed by atoms with Crippen molar-refractivity contribution < 1.29 is 26.3 Å². The molecule has 2 aromatic rings. The molecule has 2 aliphatic rings. The smallest absolute Gasteiger partial charge is 0.313 e. The number of anilines is 2. The summed E-state index contributed by atoms with van der Waals surface area (Å²) in [4.78, 5) is 5.70. The average Bonchev–Trinajstić information content (AvgIpc) is 3.03. The first kappa shape index (κ1) is 25.2. The second kappa shape index (κ2) is 9.26. The van der Waals surface area contributed by atoms with Gasteiger partial charge < -0.3 is 14.8 Å². The van der Waals surface area contributed by atoms with Crippen molar-refractivity contribution in [1.29, 1.82) is 0 Å². The standard InChI is InChI=1S/C23H27ClF6N4/c1-13-9-14(2)19(16(24)10-13)34-8-4-7-33-18(20(23(28,29)30)32-21(33)34)11-17(15-5-3-6-15)31-12-22(25,26)27/h9-10,15,17,31H,3-8,11-12H2,1-2H3. The van der Waals surface area contributed by atoms with Crippen LogP contribution in [0.3, 0.4) is 0 Å². The number of fused-ring (bicyclic) bond motifs is 1. The Morgan fingerprint density at radius 1 is 1.09 bits per heavy atom. The van der Waals surface area contributed by atoms with Crippen LogP contribution in [0.5, 0.6) is 0 Å². The highest BCUT2D eigenvalue weighted by atomic mass is 35.5. The number of imidazole rings is 1. The van der Waals surface area contributed by atoms with Gasteiger partial charge in [-0.05, 0) is 56.2 Å². The monoisotopic (exact) mass is 508 g/mol. The fourth-order valence-corrected chi connectivity index (χ4v) is 5.42. The van der Waals surface area contributed by atoms with Gasteiger partial charge in [-0.1, -0.05) is 24.1 Å². The Morgan fingerprint density at radius 3 is 2.35 bits per heavy atom. The lowest BCUT2D eigenvalue weighted by Crippen LogP contribution is -2.45. The number of halogens is 7. The Kier molecular flexibility index (Phi) is 6.85. The van der Waals surface area contributed by atoms with Crippen LogP contribution in [0.4, 0.5) is 38.0 Å². The van der Waals surface area contributed by atoms with Gasteiger partial charge in [-0.2, -0.15) is 26.3 Å². The van der Waals surface area contributed by atoms with Crippen LogP contribution in [0.25, 0.3) is 0 Å². The lowest BCUT2D eigenvalue weighted by molar-refractivity contribution is -0.142. The zero-order chi connectivity index (χ0) is 24.8. The summed E-state index contributed by atoms with van der Waals surface area (Å²) in [5.41, 5.74) is 1.25. The van der Waals surface area contributed by atoms with E-state index in [1.807, 2.05) is 19.9 Å². The molecule has 1 unspecified atom stereocenters. The predicted molar refractivity (Wildman–Crippen MR) is 119 cm³/mol. The van der Waals surface area contributed by atoms with E-state index < -0.39 is 30.6 Å². The molecule has 11 heteroatoms. The molecule has 188 valence electrons. The van der Waals surface area contributed by atoms with Crippen molar-refractivity contribution in [1.82, 2.24) is 14.9 Å². The maximum absolute atomic E-state index is 14.1. The summed E-state index contributed by atoms with van der Waals surface area (Å²) in [5, 5.41) is 2.90. The Morgan fingerprint density at radius 2 is 1.79 bits per heavy atom. The number of aryl methyl sites for hydroxylation is 2. The molecule has 1 atom stereocenters. The third-order valence-corrected chi connectivity index (χ3v) is 6.98. The number of rotatable bonds is 6. The van der Waals surface area contributed by atoms with Gasteiger partial charge in [0.05, 0.1) is 22.9 Å². The van der Waals surface area contributed by atoms with Gasteiger partial charge in [-0.15, -0.1) is 0 Å². The fraction of sp³-hybridized carbons (Fsp3) is 0.609. The highest BCUT2D eigenvalue weighted by Gasteiger charge is 2.43. The van der Waals surface area contributed by atoms with E-state index in [0.717, 1.165) is 17.5 Å². The van der Waals surface area contributed by atoms with E-state index in [1.54, 1.807) is 11.0 Å². The molecule has 0 spiro atoms. The van der Waals surface area contributed by atoms with Crippen molar-refractivity contribution in [2.24, 2.45) is 5.92 Å². The van der Waals surface area contributed by atoms with Gasteiger partial charge in [0.25, 0.3) is 0 Å². The van der Waals surface area contributed by atoms with Gasteiger partial charge in [0.1, 0.15) is 0 Å². The van der Waals surface area contributed by atoms with Crippen LogP contribution in [0.15, 0.2) is 12.1 Å². The van der Waals surface area contributed by atoms with E-state index in [9.17, 15) is 26.3 Å². The minimum absolute atomic E-state index is 0.0698. The van der Waals surface area contributed by atoms with E-state index in [0.29, 0.717) is 43.1 Å². The van der Waals surface area contributed by atoms with Crippen LogP contribution in [0.1, 0.15) is 48.2 Å². The Bertz CT molecular complexity index is 1020. The SMILES string of the molecule is Cc1cc(C)c(N2CCCn3c2nc(C(F)(F)F)c3CC(NCC(F)(F)F)C2CCC2)c(Cl)c1. The number of nitrogens with one attached hydrogen (secondary N) is 1. The molecule has 0 amide bonds. The molecule has 1 N–H and O–H groups in total. The van der Waals surface area contributed by atoms with Gasteiger partial charge in [-0.3, -0.25) is 0 Å². The molecule has 1 aromatic heterocycles. The zero-order valence-electron chi connectivity index (χ0n) is 19.0. The molecule has 1 saturated carbocycles. The predicted octanol–water partition coefficient (Wildman–Crippen LogP) is 6.58. The largest absolute Gasteiger partial charge is 0.435 e. The summed E-state index contributed by atoms with van der Waals surface area (Å²) in [6.07, 6.45) is -6.53. The molecule has 1 aliphatic carbocycles. The van der Waals surface area contributed by atoms with Crippen molar-refractivity contribution in [3.05, 3.63) is 39.7 Å². The van der Waals surface area contributed by atoms with Gasteiger partial charge in [-0.25, -0.2) is 4.98 Å². The highest BCUT2D eigenvalue weighted by molar-refractivity contribution is 6.33. The Labute approximate surface area is 199 Å². The molecule has 2 heterocycles. The Balaban J connectivity index is 1.75. The molecule has 4 rings (SSSR count). The molecule has 34 heavy (non-hydrogen) atoms. The molecule has 0 saturated heterocycles. The van der Waals surface area contributed by atoms with Crippen LogP contribution in [0, 0.1) is 19.8 Å². The second-order valence-electron chi connectivity index (χ2n) is 9.27. The average molecular weight is 509 g/mol. The topological polar surface area (TPSA) is 33.1 Å². The highest BCUT2D eigenvalue weighted by Crippen LogP contribution is 2.42. The fourth-order valence-electron chi connectivity index (χ4n) is 5.00. The molecule has 0 bridgehead atoms. The number of aromatic nitrogens is 2.